The summed E-state index contributed by atoms with van der Waals surface area (Å²) in [6.45, 7) is 15.9. The molecular weight excluding hydrogens is 604 g/mol. The van der Waals surface area contributed by atoms with Crippen LogP contribution in [0.15, 0.2) is 0 Å². The number of carbonyl (C=O) groups excluding carboxylic acids is 2. The van der Waals surface area contributed by atoms with Gasteiger partial charge in [0.1, 0.15) is 24.4 Å². The average Bonchev–Trinajstić information content (AvgIpc) is 3.61. The van der Waals surface area contributed by atoms with Crippen molar-refractivity contribution in [3.63, 3.8) is 0 Å². The summed E-state index contributed by atoms with van der Waals surface area (Å²) in [5, 5.41) is 41.8. The van der Waals surface area contributed by atoms with Gasteiger partial charge >= 0.3 is 5.97 Å². The van der Waals surface area contributed by atoms with Crippen LogP contribution in [-0.4, -0.2) is 93.4 Å². The standard InChI is InChI=1S/C37H58O10/c1-18-15-21(30(33(5,6)43)45-19(2)38)46-28-25(18)34(7)13-14-37-17-36(37)12-11-24(47-31-27(41)26(40)20(39)16-44-31)32(3,4)22(36)9-10-23(37)35(34,8)29(28)42/h18,20-28,30-31,39-41,43H,9-17H2,1-8H3/t18-,20-,21-,22-,23-,24+,25+,26+,27-,28+,30-,31+,34-,35+,36-,37+/m0/s1. The number of aliphatic hydroxyl groups is 4. The number of aliphatic hydroxyl groups excluding tert-OH is 3. The molecule has 0 amide bonds. The van der Waals surface area contributed by atoms with Gasteiger partial charge < -0.3 is 39.4 Å². The van der Waals surface area contributed by atoms with Crippen molar-refractivity contribution in [1.82, 2.24) is 0 Å². The molecule has 5 saturated carbocycles. The minimum Gasteiger partial charge on any atom is -0.457 e. The topological polar surface area (TPSA) is 152 Å². The summed E-state index contributed by atoms with van der Waals surface area (Å²) in [6.07, 6.45) is 0.691. The quantitative estimate of drug-likeness (QED) is 0.254. The molecule has 266 valence electrons. The van der Waals surface area contributed by atoms with Crippen LogP contribution in [0.3, 0.4) is 0 Å². The summed E-state index contributed by atoms with van der Waals surface area (Å²) >= 11 is 0. The van der Waals surface area contributed by atoms with E-state index in [0.29, 0.717) is 12.3 Å². The number of ether oxygens (including phenoxy) is 4. The van der Waals surface area contributed by atoms with Crippen molar-refractivity contribution >= 4 is 11.8 Å². The molecule has 47 heavy (non-hydrogen) atoms. The summed E-state index contributed by atoms with van der Waals surface area (Å²) in [5.41, 5.74) is -2.06. The number of carbonyl (C=O) groups is 2. The molecule has 4 N–H and O–H groups in total. The lowest BCUT2D eigenvalue weighted by molar-refractivity contribution is -0.302. The van der Waals surface area contributed by atoms with Gasteiger partial charge in [0.15, 0.2) is 18.2 Å². The normalized spacial score (nSPS) is 53.9. The maximum absolute atomic E-state index is 15.0. The van der Waals surface area contributed by atoms with E-state index in [1.54, 1.807) is 13.8 Å². The molecule has 0 aromatic rings. The molecule has 7 fully saturated rings. The molecule has 7 rings (SSSR count). The third-order valence-electron chi connectivity index (χ3n) is 15.6. The average molecular weight is 663 g/mol. The van der Waals surface area contributed by atoms with Crippen molar-refractivity contribution in [3.8, 4) is 0 Å². The van der Waals surface area contributed by atoms with Crippen molar-refractivity contribution in [1.29, 1.82) is 0 Å². The molecule has 10 heteroatoms. The highest BCUT2D eigenvalue weighted by Crippen LogP contribution is 2.89. The predicted molar refractivity (Wildman–Crippen MR) is 170 cm³/mol. The second-order valence-electron chi connectivity index (χ2n) is 18.4. The molecule has 0 aromatic carbocycles. The molecule has 7 aliphatic rings. The van der Waals surface area contributed by atoms with Gasteiger partial charge in [-0.15, -0.1) is 0 Å². The van der Waals surface area contributed by atoms with Crippen LogP contribution in [0.4, 0.5) is 0 Å². The van der Waals surface area contributed by atoms with Crippen molar-refractivity contribution < 1.29 is 49.0 Å². The van der Waals surface area contributed by atoms with E-state index in [0.717, 1.165) is 44.9 Å². The van der Waals surface area contributed by atoms with E-state index in [1.165, 1.54) is 6.92 Å². The first kappa shape index (κ1) is 34.3. The highest BCUT2D eigenvalue weighted by atomic mass is 16.7. The molecule has 0 bridgehead atoms. The maximum Gasteiger partial charge on any atom is 0.303 e. The number of Topliss-reactive ketones (excluding diaryl/α,β-unsaturated/α-hetero) is 1. The first-order valence-corrected chi connectivity index (χ1v) is 18.2. The Morgan fingerprint density at radius 2 is 1.64 bits per heavy atom. The summed E-state index contributed by atoms with van der Waals surface area (Å²) in [7, 11) is 0. The molecule has 16 atom stereocenters. The van der Waals surface area contributed by atoms with E-state index in [2.05, 4.69) is 34.6 Å². The summed E-state index contributed by atoms with van der Waals surface area (Å²) < 4.78 is 24.4. The molecule has 5 aliphatic carbocycles. The SMILES string of the molecule is CC(=O)O[C@@H]([C@@H]1C[C@H](C)[C@@H]2[C@@H](O1)C(=O)[C@@]1(C)[C@@H]3CC[C@H]4C(C)(C)[C@H](O[C@H]5OC[C@H](O)[C@@H](O)[C@@H]5O)CC[C@]45C[C@]35CC[C@@]21C)C(C)(C)O. The predicted octanol–water partition coefficient (Wildman–Crippen LogP) is 3.53. The number of rotatable bonds is 5. The van der Waals surface area contributed by atoms with Crippen molar-refractivity contribution in [3.05, 3.63) is 0 Å². The van der Waals surface area contributed by atoms with Gasteiger partial charge in [0, 0.05) is 18.3 Å². The largest absolute Gasteiger partial charge is 0.457 e. The molecule has 0 aromatic heterocycles. The van der Waals surface area contributed by atoms with Crippen LogP contribution < -0.4 is 0 Å². The van der Waals surface area contributed by atoms with Crippen LogP contribution >= 0.6 is 0 Å². The Balaban J connectivity index is 1.15. The zero-order valence-corrected chi connectivity index (χ0v) is 29.5. The maximum atomic E-state index is 15.0. The van der Waals surface area contributed by atoms with Gasteiger partial charge in [0.2, 0.25) is 0 Å². The highest BCUT2D eigenvalue weighted by Gasteiger charge is 2.85. The zero-order chi connectivity index (χ0) is 34.3. The van der Waals surface area contributed by atoms with Crippen LogP contribution in [0.2, 0.25) is 0 Å². The smallest absolute Gasteiger partial charge is 0.303 e. The van der Waals surface area contributed by atoms with E-state index in [1.807, 2.05) is 0 Å². The Labute approximate surface area is 279 Å². The van der Waals surface area contributed by atoms with Gasteiger partial charge in [-0.2, -0.15) is 0 Å². The number of ketones is 1. The Morgan fingerprint density at radius 1 is 0.979 bits per heavy atom. The lowest BCUT2D eigenvalue weighted by atomic mass is 9.41. The number of fused-ring (bicyclic) bond motifs is 4. The van der Waals surface area contributed by atoms with Gasteiger partial charge in [-0.3, -0.25) is 9.59 Å². The van der Waals surface area contributed by atoms with E-state index >= 15 is 0 Å². The van der Waals surface area contributed by atoms with Crippen LogP contribution in [-0.2, 0) is 28.5 Å². The van der Waals surface area contributed by atoms with E-state index in [-0.39, 0.29) is 57.9 Å². The van der Waals surface area contributed by atoms with Gasteiger partial charge in [-0.25, -0.2) is 0 Å². The Kier molecular flexibility index (Phi) is 7.80. The fraction of sp³-hybridized carbons (Fsp3) is 0.946. The zero-order valence-electron chi connectivity index (χ0n) is 29.5. The summed E-state index contributed by atoms with van der Waals surface area (Å²) in [4.78, 5) is 27.0. The van der Waals surface area contributed by atoms with E-state index in [9.17, 15) is 30.0 Å². The Hall–Kier alpha value is -1.14. The second-order valence-corrected chi connectivity index (χ2v) is 18.4. The molecule has 2 aliphatic heterocycles. The van der Waals surface area contributed by atoms with Gasteiger partial charge in [-0.1, -0.05) is 34.6 Å². The minimum absolute atomic E-state index is 0.0668. The van der Waals surface area contributed by atoms with Crippen LogP contribution in [0, 0.1) is 50.7 Å². The molecule has 0 unspecified atom stereocenters. The fourth-order valence-corrected chi connectivity index (χ4v) is 13.4. The molecular formula is C37H58O10. The first-order chi connectivity index (χ1) is 21.8. The lowest BCUT2D eigenvalue weighted by Crippen LogP contribution is -2.60. The third kappa shape index (κ3) is 4.46. The van der Waals surface area contributed by atoms with Crippen molar-refractivity contribution in [2.75, 3.05) is 6.61 Å². The number of hydrogen-bond donors (Lipinski definition) is 4. The molecule has 2 saturated heterocycles. The monoisotopic (exact) mass is 662 g/mol. The first-order valence-electron chi connectivity index (χ1n) is 18.2. The van der Waals surface area contributed by atoms with Gasteiger partial charge in [-0.05, 0) is 105 Å². The number of hydrogen-bond acceptors (Lipinski definition) is 10. The summed E-state index contributed by atoms with van der Waals surface area (Å²) in [6, 6.07) is 0. The molecule has 10 nitrogen and oxygen atoms in total. The second kappa shape index (κ2) is 10.7. The number of esters is 1. The molecule has 2 spiro atoms. The Bertz CT molecular complexity index is 1290. The minimum atomic E-state index is -1.31. The van der Waals surface area contributed by atoms with Crippen LogP contribution in [0.5, 0.6) is 0 Å². The lowest BCUT2D eigenvalue weighted by Gasteiger charge is -2.62. The van der Waals surface area contributed by atoms with E-state index in [4.69, 9.17) is 18.9 Å². The molecule has 2 heterocycles. The molecule has 0 radical (unpaired) electrons. The highest BCUT2D eigenvalue weighted by molar-refractivity contribution is 5.93. The van der Waals surface area contributed by atoms with Gasteiger partial charge in [0.05, 0.1) is 24.4 Å². The van der Waals surface area contributed by atoms with Gasteiger partial charge in [0.25, 0.3) is 0 Å². The van der Waals surface area contributed by atoms with Crippen molar-refractivity contribution in [2.24, 2.45) is 50.7 Å². The Morgan fingerprint density at radius 3 is 2.30 bits per heavy atom. The van der Waals surface area contributed by atoms with Crippen LogP contribution in [0.1, 0.15) is 107 Å². The van der Waals surface area contributed by atoms with Crippen molar-refractivity contribution in [2.45, 2.75) is 161 Å². The fourth-order valence-electron chi connectivity index (χ4n) is 13.4. The van der Waals surface area contributed by atoms with Crippen LogP contribution in [0.25, 0.3) is 0 Å². The third-order valence-corrected chi connectivity index (χ3v) is 15.6. The summed E-state index contributed by atoms with van der Waals surface area (Å²) in [5.74, 6) is 0.603. The van der Waals surface area contributed by atoms with E-state index < -0.39 is 59.9 Å².